The summed E-state index contributed by atoms with van der Waals surface area (Å²) in [6.07, 6.45) is -0.882. The molecule has 0 aliphatic carbocycles. The Morgan fingerprint density at radius 1 is 1.35 bits per heavy atom. The Morgan fingerprint density at radius 3 is 2.53 bits per heavy atom. The van der Waals surface area contributed by atoms with Crippen LogP contribution in [-0.4, -0.2) is 34.1 Å². The molecule has 90 valence electrons. The van der Waals surface area contributed by atoms with Crippen LogP contribution in [0.2, 0.25) is 0 Å². The summed E-state index contributed by atoms with van der Waals surface area (Å²) in [7, 11) is 0. The lowest BCUT2D eigenvalue weighted by molar-refractivity contribution is -0.129. The number of imide groups is 1. The molecule has 3 amide bonds. The standard InChI is InChI=1S/C12H14N2O3/c1-8(15)10-11(16)14(12(17)13-10)7-9-5-3-2-4-6-9/h2-6,8,10,15H,7H2,1H3,(H,13,17). The first kappa shape index (κ1) is 11.6. The van der Waals surface area contributed by atoms with Crippen LogP contribution in [0.5, 0.6) is 0 Å². The summed E-state index contributed by atoms with van der Waals surface area (Å²) < 4.78 is 0. The van der Waals surface area contributed by atoms with E-state index in [9.17, 15) is 14.7 Å². The van der Waals surface area contributed by atoms with Crippen molar-refractivity contribution in [3.05, 3.63) is 35.9 Å². The van der Waals surface area contributed by atoms with Gasteiger partial charge in [0.2, 0.25) is 0 Å². The minimum absolute atomic E-state index is 0.231. The maximum absolute atomic E-state index is 11.8. The van der Waals surface area contributed by atoms with E-state index in [2.05, 4.69) is 5.32 Å². The number of nitrogens with one attached hydrogen (secondary N) is 1. The number of carbonyl (C=O) groups excluding carboxylic acids is 2. The molecule has 0 aromatic heterocycles. The number of aliphatic hydroxyl groups is 1. The number of amides is 3. The Bertz CT molecular complexity index is 431. The molecule has 2 atom stereocenters. The van der Waals surface area contributed by atoms with Gasteiger partial charge < -0.3 is 10.4 Å². The second-order valence-electron chi connectivity index (χ2n) is 4.08. The number of hydrogen-bond acceptors (Lipinski definition) is 3. The van der Waals surface area contributed by atoms with E-state index in [-0.39, 0.29) is 12.5 Å². The molecule has 1 aliphatic rings. The van der Waals surface area contributed by atoms with E-state index < -0.39 is 18.2 Å². The zero-order valence-corrected chi connectivity index (χ0v) is 9.46. The van der Waals surface area contributed by atoms with Crippen molar-refractivity contribution in [1.82, 2.24) is 10.2 Å². The Kier molecular flexibility index (Phi) is 3.10. The third kappa shape index (κ3) is 2.29. The molecule has 1 fully saturated rings. The smallest absolute Gasteiger partial charge is 0.325 e. The van der Waals surface area contributed by atoms with Gasteiger partial charge in [-0.3, -0.25) is 9.69 Å². The number of urea groups is 1. The number of benzene rings is 1. The lowest BCUT2D eigenvalue weighted by Crippen LogP contribution is -2.39. The molecule has 1 aliphatic heterocycles. The fourth-order valence-electron chi connectivity index (χ4n) is 1.78. The van der Waals surface area contributed by atoms with Crippen molar-refractivity contribution in [2.24, 2.45) is 0 Å². The molecule has 1 aromatic rings. The van der Waals surface area contributed by atoms with Gasteiger partial charge >= 0.3 is 6.03 Å². The van der Waals surface area contributed by atoms with Crippen LogP contribution in [0.1, 0.15) is 12.5 Å². The van der Waals surface area contributed by atoms with E-state index in [1.165, 1.54) is 6.92 Å². The van der Waals surface area contributed by atoms with Crippen LogP contribution in [0.15, 0.2) is 30.3 Å². The third-order valence-electron chi connectivity index (χ3n) is 2.72. The van der Waals surface area contributed by atoms with E-state index in [0.717, 1.165) is 10.5 Å². The van der Waals surface area contributed by atoms with E-state index in [1.54, 1.807) is 0 Å². The van der Waals surface area contributed by atoms with Crippen LogP contribution in [0.4, 0.5) is 4.79 Å². The Hall–Kier alpha value is -1.88. The molecule has 17 heavy (non-hydrogen) atoms. The quantitative estimate of drug-likeness (QED) is 0.748. The largest absolute Gasteiger partial charge is 0.391 e. The van der Waals surface area contributed by atoms with Crippen LogP contribution < -0.4 is 5.32 Å². The van der Waals surface area contributed by atoms with Gasteiger partial charge in [0.25, 0.3) is 5.91 Å². The highest BCUT2D eigenvalue weighted by atomic mass is 16.3. The predicted octanol–water partition coefficient (Wildman–Crippen LogP) is 0.488. The molecule has 0 bridgehead atoms. The van der Waals surface area contributed by atoms with Crippen molar-refractivity contribution in [3.8, 4) is 0 Å². The maximum Gasteiger partial charge on any atom is 0.325 e. The van der Waals surface area contributed by atoms with Crippen molar-refractivity contribution in [2.45, 2.75) is 25.6 Å². The first-order valence-electron chi connectivity index (χ1n) is 5.43. The predicted molar refractivity (Wildman–Crippen MR) is 61.0 cm³/mol. The molecule has 2 rings (SSSR count). The summed E-state index contributed by atoms with van der Waals surface area (Å²) in [5.74, 6) is -0.381. The zero-order chi connectivity index (χ0) is 12.4. The fraction of sp³-hybridized carbons (Fsp3) is 0.333. The molecule has 1 saturated heterocycles. The fourth-order valence-corrected chi connectivity index (χ4v) is 1.78. The van der Waals surface area contributed by atoms with Crippen molar-refractivity contribution in [2.75, 3.05) is 0 Å². The second kappa shape index (κ2) is 4.55. The van der Waals surface area contributed by atoms with Crippen molar-refractivity contribution < 1.29 is 14.7 Å². The highest BCUT2D eigenvalue weighted by Crippen LogP contribution is 2.13. The minimum Gasteiger partial charge on any atom is -0.391 e. The monoisotopic (exact) mass is 234 g/mol. The molecule has 0 radical (unpaired) electrons. The molecule has 5 nitrogen and oxygen atoms in total. The van der Waals surface area contributed by atoms with E-state index in [4.69, 9.17) is 0 Å². The van der Waals surface area contributed by atoms with Gasteiger partial charge in [-0.2, -0.15) is 0 Å². The average Bonchev–Trinajstić information content (AvgIpc) is 2.58. The van der Waals surface area contributed by atoms with Crippen LogP contribution in [0.25, 0.3) is 0 Å². The summed E-state index contributed by atoms with van der Waals surface area (Å²) >= 11 is 0. The molecular formula is C12H14N2O3. The van der Waals surface area contributed by atoms with Gasteiger partial charge in [0.1, 0.15) is 6.04 Å². The van der Waals surface area contributed by atoms with Crippen LogP contribution in [0, 0.1) is 0 Å². The van der Waals surface area contributed by atoms with E-state index in [0.29, 0.717) is 0 Å². The molecule has 1 aromatic carbocycles. The number of hydrogen-bond donors (Lipinski definition) is 2. The lowest BCUT2D eigenvalue weighted by Gasteiger charge is -2.13. The number of rotatable bonds is 3. The van der Waals surface area contributed by atoms with Crippen molar-refractivity contribution >= 4 is 11.9 Å². The molecule has 1 heterocycles. The van der Waals surface area contributed by atoms with Crippen LogP contribution in [0.3, 0.4) is 0 Å². The number of nitrogens with zero attached hydrogens (tertiary/aromatic N) is 1. The number of carbonyl (C=O) groups is 2. The van der Waals surface area contributed by atoms with Gasteiger partial charge in [-0.15, -0.1) is 0 Å². The van der Waals surface area contributed by atoms with Gasteiger partial charge in [-0.1, -0.05) is 30.3 Å². The molecular weight excluding hydrogens is 220 g/mol. The zero-order valence-electron chi connectivity index (χ0n) is 9.46. The highest BCUT2D eigenvalue weighted by Gasteiger charge is 2.40. The maximum atomic E-state index is 11.8. The summed E-state index contributed by atoms with van der Waals surface area (Å²) in [6.45, 7) is 1.71. The summed E-state index contributed by atoms with van der Waals surface area (Å²) in [6, 6.07) is 7.97. The first-order valence-corrected chi connectivity index (χ1v) is 5.43. The molecule has 5 heteroatoms. The Labute approximate surface area is 99.0 Å². The molecule has 2 N–H and O–H groups in total. The lowest BCUT2D eigenvalue weighted by atomic mass is 10.1. The average molecular weight is 234 g/mol. The number of aliphatic hydroxyl groups excluding tert-OH is 1. The van der Waals surface area contributed by atoms with Gasteiger partial charge in [-0.05, 0) is 12.5 Å². The molecule has 2 unspecified atom stereocenters. The van der Waals surface area contributed by atoms with E-state index in [1.807, 2.05) is 30.3 Å². The van der Waals surface area contributed by atoms with Crippen LogP contribution in [-0.2, 0) is 11.3 Å². The topological polar surface area (TPSA) is 69.6 Å². The SMILES string of the molecule is CC(O)C1NC(=O)N(Cc2ccccc2)C1=O. The van der Waals surface area contributed by atoms with Crippen molar-refractivity contribution in [3.63, 3.8) is 0 Å². The van der Waals surface area contributed by atoms with Gasteiger partial charge in [0.15, 0.2) is 0 Å². The Balaban J connectivity index is 2.12. The third-order valence-corrected chi connectivity index (χ3v) is 2.72. The van der Waals surface area contributed by atoms with Gasteiger partial charge in [0, 0.05) is 0 Å². The normalized spacial score (nSPS) is 21.5. The van der Waals surface area contributed by atoms with E-state index >= 15 is 0 Å². The molecule has 0 saturated carbocycles. The summed E-state index contributed by atoms with van der Waals surface area (Å²) in [5.41, 5.74) is 0.877. The minimum atomic E-state index is -0.882. The first-order chi connectivity index (χ1) is 8.09. The van der Waals surface area contributed by atoms with Crippen LogP contribution >= 0.6 is 0 Å². The van der Waals surface area contributed by atoms with Crippen molar-refractivity contribution in [1.29, 1.82) is 0 Å². The summed E-state index contributed by atoms with van der Waals surface area (Å²) in [5, 5.41) is 11.8. The Morgan fingerprint density at radius 2 is 2.00 bits per heavy atom. The van der Waals surface area contributed by atoms with Gasteiger partial charge in [0.05, 0.1) is 12.6 Å². The summed E-state index contributed by atoms with van der Waals surface area (Å²) in [4.78, 5) is 24.5. The highest BCUT2D eigenvalue weighted by molar-refractivity contribution is 6.04. The second-order valence-corrected chi connectivity index (χ2v) is 4.08. The van der Waals surface area contributed by atoms with Gasteiger partial charge in [-0.25, -0.2) is 4.79 Å². The molecule has 0 spiro atoms.